The SMILES string of the molecule is CCNC(=NCc1cc(-c2ccccc2)on1)NCC1(C)CCCO1. The van der Waals surface area contributed by atoms with E-state index in [0.29, 0.717) is 6.54 Å². The number of hydrogen-bond acceptors (Lipinski definition) is 4. The summed E-state index contributed by atoms with van der Waals surface area (Å²) in [5, 5.41) is 10.7. The quantitative estimate of drug-likeness (QED) is 0.624. The summed E-state index contributed by atoms with van der Waals surface area (Å²) in [4.78, 5) is 4.60. The van der Waals surface area contributed by atoms with E-state index in [1.165, 1.54) is 0 Å². The molecule has 1 aliphatic heterocycles. The molecule has 1 saturated heterocycles. The second kappa shape index (κ2) is 8.16. The lowest BCUT2D eigenvalue weighted by molar-refractivity contribution is 0.0243. The summed E-state index contributed by atoms with van der Waals surface area (Å²) in [5.74, 6) is 1.53. The molecule has 2 heterocycles. The Kier molecular flexibility index (Phi) is 5.71. The van der Waals surface area contributed by atoms with Crippen LogP contribution in [0.3, 0.4) is 0 Å². The van der Waals surface area contributed by atoms with E-state index in [2.05, 4.69) is 34.6 Å². The zero-order valence-corrected chi connectivity index (χ0v) is 14.9. The molecule has 0 radical (unpaired) electrons. The first-order valence-electron chi connectivity index (χ1n) is 8.86. The van der Waals surface area contributed by atoms with Crippen LogP contribution in [0.2, 0.25) is 0 Å². The van der Waals surface area contributed by atoms with E-state index in [1.54, 1.807) is 0 Å². The molecule has 6 heteroatoms. The fraction of sp³-hybridized carbons (Fsp3) is 0.474. The number of aromatic nitrogens is 1. The lowest BCUT2D eigenvalue weighted by Crippen LogP contribution is -2.45. The third kappa shape index (κ3) is 4.82. The van der Waals surface area contributed by atoms with E-state index in [4.69, 9.17) is 9.26 Å². The number of benzene rings is 1. The van der Waals surface area contributed by atoms with E-state index >= 15 is 0 Å². The van der Waals surface area contributed by atoms with Gasteiger partial charge < -0.3 is 19.9 Å². The molecule has 6 nitrogen and oxygen atoms in total. The molecule has 0 saturated carbocycles. The van der Waals surface area contributed by atoms with Crippen LogP contribution in [0.25, 0.3) is 11.3 Å². The van der Waals surface area contributed by atoms with Crippen LogP contribution < -0.4 is 10.6 Å². The number of ether oxygens (including phenoxy) is 1. The largest absolute Gasteiger partial charge is 0.373 e. The second-order valence-electron chi connectivity index (χ2n) is 6.50. The monoisotopic (exact) mass is 342 g/mol. The van der Waals surface area contributed by atoms with Crippen LogP contribution in [0.15, 0.2) is 45.9 Å². The number of hydrogen-bond donors (Lipinski definition) is 2. The maximum Gasteiger partial charge on any atom is 0.191 e. The van der Waals surface area contributed by atoms with Crippen LogP contribution in [0.1, 0.15) is 32.4 Å². The topological polar surface area (TPSA) is 71.7 Å². The fourth-order valence-electron chi connectivity index (χ4n) is 2.87. The van der Waals surface area contributed by atoms with E-state index in [1.807, 2.05) is 36.4 Å². The zero-order chi connectivity index (χ0) is 17.5. The van der Waals surface area contributed by atoms with Gasteiger partial charge in [0.2, 0.25) is 0 Å². The summed E-state index contributed by atoms with van der Waals surface area (Å²) in [7, 11) is 0. The van der Waals surface area contributed by atoms with Crippen LogP contribution in [0.5, 0.6) is 0 Å². The van der Waals surface area contributed by atoms with E-state index in [9.17, 15) is 0 Å². The van der Waals surface area contributed by atoms with Crippen molar-refractivity contribution in [3.8, 4) is 11.3 Å². The first kappa shape index (κ1) is 17.5. The van der Waals surface area contributed by atoms with Gasteiger partial charge in [0.25, 0.3) is 0 Å². The summed E-state index contributed by atoms with van der Waals surface area (Å²) in [6.45, 7) is 7.04. The van der Waals surface area contributed by atoms with Crippen LogP contribution in [0, 0.1) is 0 Å². The molecule has 0 aliphatic carbocycles. The summed E-state index contributed by atoms with van der Waals surface area (Å²) in [5.41, 5.74) is 1.71. The Morgan fingerprint density at radius 2 is 2.12 bits per heavy atom. The molecule has 0 spiro atoms. The van der Waals surface area contributed by atoms with Crippen LogP contribution in [0.4, 0.5) is 0 Å². The highest BCUT2D eigenvalue weighted by molar-refractivity contribution is 5.79. The standard InChI is InChI=1S/C19H26N4O2/c1-3-20-18(22-14-19(2)10-7-11-24-19)21-13-16-12-17(25-23-16)15-8-5-4-6-9-15/h4-6,8-9,12H,3,7,10-11,13-14H2,1-2H3,(H2,20,21,22). The molecule has 3 rings (SSSR count). The van der Waals surface area contributed by atoms with Gasteiger partial charge in [-0.1, -0.05) is 35.5 Å². The van der Waals surface area contributed by atoms with Crippen LogP contribution in [-0.2, 0) is 11.3 Å². The molecule has 134 valence electrons. The highest BCUT2D eigenvalue weighted by Gasteiger charge is 2.29. The van der Waals surface area contributed by atoms with Crippen molar-refractivity contribution in [2.24, 2.45) is 4.99 Å². The Hall–Kier alpha value is -2.34. The average Bonchev–Trinajstić information content (AvgIpc) is 3.28. The van der Waals surface area contributed by atoms with Gasteiger partial charge >= 0.3 is 0 Å². The molecule has 2 N–H and O–H groups in total. The molecule has 1 aliphatic rings. The van der Waals surface area contributed by atoms with E-state index < -0.39 is 0 Å². The van der Waals surface area contributed by atoms with Crippen LogP contribution >= 0.6 is 0 Å². The Bertz CT molecular complexity index is 690. The smallest absolute Gasteiger partial charge is 0.191 e. The Morgan fingerprint density at radius 3 is 2.84 bits per heavy atom. The van der Waals surface area contributed by atoms with Crippen LogP contribution in [-0.4, -0.2) is 36.4 Å². The minimum atomic E-state index is -0.107. The molecule has 25 heavy (non-hydrogen) atoms. The third-order valence-corrected chi connectivity index (χ3v) is 4.29. The minimum Gasteiger partial charge on any atom is -0.373 e. The van der Waals surface area contributed by atoms with Crippen molar-refractivity contribution in [3.05, 3.63) is 42.1 Å². The third-order valence-electron chi connectivity index (χ3n) is 4.29. The van der Waals surface area contributed by atoms with Crippen molar-refractivity contribution < 1.29 is 9.26 Å². The molecule has 2 aromatic rings. The predicted octanol–water partition coefficient (Wildman–Crippen LogP) is 2.97. The van der Waals surface area contributed by atoms with E-state index in [0.717, 1.165) is 55.5 Å². The number of guanidine groups is 1. The van der Waals surface area contributed by atoms with Gasteiger partial charge in [-0.2, -0.15) is 0 Å². The van der Waals surface area contributed by atoms with Gasteiger partial charge in [0.15, 0.2) is 11.7 Å². The summed E-state index contributed by atoms with van der Waals surface area (Å²) in [6, 6.07) is 11.9. The molecular formula is C19H26N4O2. The fourth-order valence-corrected chi connectivity index (χ4v) is 2.87. The van der Waals surface area contributed by atoms with Crippen molar-refractivity contribution in [2.45, 2.75) is 38.8 Å². The first-order valence-corrected chi connectivity index (χ1v) is 8.86. The summed E-state index contributed by atoms with van der Waals surface area (Å²) in [6.07, 6.45) is 2.19. The lowest BCUT2D eigenvalue weighted by atomic mass is 10.0. The molecule has 0 bridgehead atoms. The van der Waals surface area contributed by atoms with Gasteiger partial charge in [-0.05, 0) is 26.7 Å². The van der Waals surface area contributed by atoms with Gasteiger partial charge in [0.1, 0.15) is 5.69 Å². The van der Waals surface area contributed by atoms with Gasteiger partial charge in [-0.25, -0.2) is 4.99 Å². The lowest BCUT2D eigenvalue weighted by Gasteiger charge is -2.24. The predicted molar refractivity (Wildman–Crippen MR) is 98.3 cm³/mol. The van der Waals surface area contributed by atoms with Gasteiger partial charge in [-0.15, -0.1) is 0 Å². The number of nitrogens with one attached hydrogen (secondary N) is 2. The van der Waals surface area contributed by atoms with E-state index in [-0.39, 0.29) is 5.60 Å². The average molecular weight is 342 g/mol. The number of aliphatic imine (C=N–C) groups is 1. The molecule has 0 amide bonds. The molecule has 1 unspecified atom stereocenters. The Balaban J connectivity index is 1.60. The highest BCUT2D eigenvalue weighted by atomic mass is 16.5. The maximum atomic E-state index is 5.81. The van der Waals surface area contributed by atoms with Crippen molar-refractivity contribution in [2.75, 3.05) is 19.7 Å². The molecule has 1 aromatic heterocycles. The first-order chi connectivity index (χ1) is 12.2. The maximum absolute atomic E-state index is 5.81. The highest BCUT2D eigenvalue weighted by Crippen LogP contribution is 2.24. The van der Waals surface area contributed by atoms with Crippen molar-refractivity contribution in [3.63, 3.8) is 0 Å². The Labute approximate surface area is 148 Å². The Morgan fingerprint density at radius 1 is 1.28 bits per heavy atom. The molecule has 1 atom stereocenters. The van der Waals surface area contributed by atoms with Gasteiger partial charge in [-0.3, -0.25) is 0 Å². The summed E-state index contributed by atoms with van der Waals surface area (Å²) < 4.78 is 11.2. The number of rotatable bonds is 6. The summed E-state index contributed by atoms with van der Waals surface area (Å²) >= 11 is 0. The molecular weight excluding hydrogens is 316 g/mol. The van der Waals surface area contributed by atoms with Gasteiger partial charge in [0, 0.05) is 31.3 Å². The normalized spacial score (nSPS) is 20.6. The minimum absolute atomic E-state index is 0.107. The van der Waals surface area contributed by atoms with Crippen molar-refractivity contribution >= 4 is 5.96 Å². The second-order valence-corrected chi connectivity index (χ2v) is 6.50. The zero-order valence-electron chi connectivity index (χ0n) is 14.9. The van der Waals surface area contributed by atoms with Gasteiger partial charge in [0.05, 0.1) is 12.1 Å². The van der Waals surface area contributed by atoms with Crippen molar-refractivity contribution in [1.29, 1.82) is 0 Å². The number of nitrogens with zero attached hydrogens (tertiary/aromatic N) is 2. The molecule has 1 aromatic carbocycles. The molecule has 1 fully saturated rings. The van der Waals surface area contributed by atoms with Crippen molar-refractivity contribution in [1.82, 2.24) is 15.8 Å².